The lowest BCUT2D eigenvalue weighted by molar-refractivity contribution is -0.384. The summed E-state index contributed by atoms with van der Waals surface area (Å²) >= 11 is 0. The van der Waals surface area contributed by atoms with Gasteiger partial charge in [-0.15, -0.1) is 0 Å². The van der Waals surface area contributed by atoms with E-state index in [1.165, 1.54) is 30.7 Å². The summed E-state index contributed by atoms with van der Waals surface area (Å²) < 4.78 is 10.7. The number of urea groups is 1. The molecule has 0 saturated carbocycles. The molecule has 0 saturated heterocycles. The number of nitrogens with one attached hydrogen (secondary N) is 2. The number of fused-ring (bicyclic) bond motifs is 1. The van der Waals surface area contributed by atoms with Crippen molar-refractivity contribution in [1.29, 1.82) is 0 Å². The van der Waals surface area contributed by atoms with Gasteiger partial charge in [0, 0.05) is 18.5 Å². The molecule has 0 radical (unpaired) electrons. The van der Waals surface area contributed by atoms with Crippen LogP contribution in [0.4, 0.5) is 22.0 Å². The van der Waals surface area contributed by atoms with Gasteiger partial charge in [-0.25, -0.2) is 9.78 Å². The van der Waals surface area contributed by atoms with Crippen molar-refractivity contribution in [2.24, 2.45) is 0 Å². The Hall–Kier alpha value is -3.43. The van der Waals surface area contributed by atoms with Gasteiger partial charge in [0.1, 0.15) is 18.9 Å². The average Bonchev–Trinajstić information content (AvgIpc) is 2.55. The molecule has 3 rings (SSSR count). The number of nitro groups is 1. The Labute approximate surface area is 129 Å². The number of hydrogen-bond acceptors (Lipinski definition) is 7. The van der Waals surface area contributed by atoms with E-state index in [0.29, 0.717) is 19.0 Å². The number of nitrogens with zero attached hydrogens (tertiary/aromatic N) is 3. The summed E-state index contributed by atoms with van der Waals surface area (Å²) in [7, 11) is 0. The van der Waals surface area contributed by atoms with Crippen LogP contribution in [0.3, 0.4) is 0 Å². The minimum atomic E-state index is -0.690. The molecule has 0 bridgehead atoms. The molecule has 2 amide bonds. The third-order valence-corrected chi connectivity index (χ3v) is 2.91. The van der Waals surface area contributed by atoms with E-state index in [2.05, 4.69) is 20.6 Å². The van der Waals surface area contributed by atoms with Gasteiger partial charge in [-0.05, 0) is 0 Å². The molecule has 2 aromatic rings. The zero-order valence-electron chi connectivity index (χ0n) is 11.7. The minimum absolute atomic E-state index is 0.0133. The van der Waals surface area contributed by atoms with Crippen molar-refractivity contribution >= 4 is 23.2 Å². The van der Waals surface area contributed by atoms with E-state index in [0.717, 1.165) is 0 Å². The predicted molar refractivity (Wildman–Crippen MR) is 78.8 cm³/mol. The second kappa shape index (κ2) is 6.13. The van der Waals surface area contributed by atoms with E-state index in [9.17, 15) is 14.9 Å². The fourth-order valence-electron chi connectivity index (χ4n) is 1.96. The fraction of sp³-hybridized carbons (Fsp3) is 0.154. The van der Waals surface area contributed by atoms with Gasteiger partial charge in [0.2, 0.25) is 0 Å². The summed E-state index contributed by atoms with van der Waals surface area (Å²) in [4.78, 5) is 30.2. The second-order valence-electron chi connectivity index (χ2n) is 4.44. The highest BCUT2D eigenvalue weighted by Crippen LogP contribution is 2.39. The minimum Gasteiger partial charge on any atom is -0.486 e. The van der Waals surface area contributed by atoms with Crippen LogP contribution in [0.2, 0.25) is 0 Å². The number of amides is 2. The maximum atomic E-state index is 11.9. The molecule has 2 heterocycles. The van der Waals surface area contributed by atoms with Crippen LogP contribution in [0.1, 0.15) is 0 Å². The molecule has 1 aromatic carbocycles. The molecule has 1 aliphatic rings. The summed E-state index contributed by atoms with van der Waals surface area (Å²) in [6.45, 7) is 0.639. The van der Waals surface area contributed by atoms with Gasteiger partial charge in [-0.2, -0.15) is 0 Å². The highest BCUT2D eigenvalue weighted by molar-refractivity contribution is 6.00. The third kappa shape index (κ3) is 3.26. The van der Waals surface area contributed by atoms with Gasteiger partial charge >= 0.3 is 6.03 Å². The molecular weight excluding hydrogens is 306 g/mol. The van der Waals surface area contributed by atoms with Gasteiger partial charge in [-0.1, -0.05) is 0 Å². The van der Waals surface area contributed by atoms with Crippen molar-refractivity contribution in [3.05, 3.63) is 40.8 Å². The maximum Gasteiger partial charge on any atom is 0.325 e. The van der Waals surface area contributed by atoms with Gasteiger partial charge in [0.15, 0.2) is 17.3 Å². The van der Waals surface area contributed by atoms with Crippen molar-refractivity contribution < 1.29 is 19.2 Å². The zero-order chi connectivity index (χ0) is 16.2. The molecule has 1 aliphatic heterocycles. The summed E-state index contributed by atoms with van der Waals surface area (Å²) in [6.07, 6.45) is 4.20. The normalized spacial score (nSPS) is 12.3. The average molecular weight is 317 g/mol. The standard InChI is InChI=1S/C13H11N5O5/c19-13(17-12-7-14-1-2-15-12)16-8-5-10-11(23-4-3-22-10)6-9(8)18(20)21/h1-2,5-7H,3-4H2,(H2,15,16,17,19). The molecule has 0 fully saturated rings. The van der Waals surface area contributed by atoms with Crippen molar-refractivity contribution in [2.75, 3.05) is 23.8 Å². The van der Waals surface area contributed by atoms with Crippen LogP contribution in [-0.4, -0.2) is 34.1 Å². The van der Waals surface area contributed by atoms with E-state index >= 15 is 0 Å². The first-order valence-electron chi connectivity index (χ1n) is 6.55. The Kier molecular flexibility index (Phi) is 3.87. The summed E-state index contributed by atoms with van der Waals surface area (Å²) in [5.74, 6) is 0.810. The number of ether oxygens (including phenoxy) is 2. The lowest BCUT2D eigenvalue weighted by Gasteiger charge is -2.19. The first-order chi connectivity index (χ1) is 11.1. The lowest BCUT2D eigenvalue weighted by Crippen LogP contribution is -2.21. The topological polar surface area (TPSA) is 129 Å². The molecule has 10 heteroatoms. The monoisotopic (exact) mass is 317 g/mol. The van der Waals surface area contributed by atoms with Crippen LogP contribution in [0.25, 0.3) is 0 Å². The lowest BCUT2D eigenvalue weighted by atomic mass is 10.2. The number of carbonyl (C=O) groups is 1. The molecule has 2 N–H and O–H groups in total. The molecule has 10 nitrogen and oxygen atoms in total. The first-order valence-corrected chi connectivity index (χ1v) is 6.55. The Morgan fingerprint density at radius 2 is 1.91 bits per heavy atom. The highest BCUT2D eigenvalue weighted by Gasteiger charge is 2.23. The van der Waals surface area contributed by atoms with Crippen LogP contribution >= 0.6 is 0 Å². The maximum absolute atomic E-state index is 11.9. The van der Waals surface area contributed by atoms with Gasteiger partial charge in [0.25, 0.3) is 5.69 Å². The second-order valence-corrected chi connectivity index (χ2v) is 4.44. The number of hydrogen-bond donors (Lipinski definition) is 2. The number of anilines is 2. The molecular formula is C13H11N5O5. The number of benzene rings is 1. The molecule has 23 heavy (non-hydrogen) atoms. The van der Waals surface area contributed by atoms with Gasteiger partial charge < -0.3 is 14.8 Å². The number of carbonyl (C=O) groups excluding carboxylic acids is 1. The predicted octanol–water partition coefficient (Wildman–Crippen LogP) is 1.80. The van der Waals surface area contributed by atoms with Crippen LogP contribution in [-0.2, 0) is 0 Å². The first kappa shape index (κ1) is 14.5. The Morgan fingerprint density at radius 1 is 1.17 bits per heavy atom. The van der Waals surface area contributed by atoms with E-state index in [1.54, 1.807) is 0 Å². The number of nitro benzene ring substituents is 1. The largest absolute Gasteiger partial charge is 0.486 e. The zero-order valence-corrected chi connectivity index (χ0v) is 11.7. The van der Waals surface area contributed by atoms with Crippen molar-refractivity contribution in [3.63, 3.8) is 0 Å². The van der Waals surface area contributed by atoms with Crippen molar-refractivity contribution in [3.8, 4) is 11.5 Å². The Balaban J connectivity index is 1.83. The smallest absolute Gasteiger partial charge is 0.325 e. The number of rotatable bonds is 3. The van der Waals surface area contributed by atoms with E-state index < -0.39 is 11.0 Å². The number of aromatic nitrogens is 2. The molecule has 0 atom stereocenters. The molecule has 0 unspecified atom stereocenters. The van der Waals surface area contributed by atoms with Crippen LogP contribution in [0.15, 0.2) is 30.7 Å². The van der Waals surface area contributed by atoms with Crippen molar-refractivity contribution in [2.45, 2.75) is 0 Å². The Morgan fingerprint density at radius 3 is 2.57 bits per heavy atom. The molecule has 0 aliphatic carbocycles. The quantitative estimate of drug-likeness (QED) is 0.652. The fourth-order valence-corrected chi connectivity index (χ4v) is 1.96. The summed E-state index contributed by atoms with van der Waals surface area (Å²) in [5.41, 5.74) is -0.316. The van der Waals surface area contributed by atoms with E-state index in [-0.39, 0.29) is 22.9 Å². The molecule has 0 spiro atoms. The van der Waals surface area contributed by atoms with Crippen LogP contribution in [0, 0.1) is 10.1 Å². The summed E-state index contributed by atoms with van der Waals surface area (Å²) in [6, 6.07) is 1.88. The third-order valence-electron chi connectivity index (χ3n) is 2.91. The molecule has 118 valence electrons. The molecule has 1 aromatic heterocycles. The van der Waals surface area contributed by atoms with Gasteiger partial charge in [0.05, 0.1) is 17.2 Å². The Bertz CT molecular complexity index is 752. The summed E-state index contributed by atoms with van der Waals surface area (Å²) in [5, 5.41) is 16.0. The van der Waals surface area contributed by atoms with Crippen molar-refractivity contribution in [1.82, 2.24) is 9.97 Å². The highest BCUT2D eigenvalue weighted by atomic mass is 16.6. The van der Waals surface area contributed by atoms with Crippen LogP contribution < -0.4 is 20.1 Å². The van der Waals surface area contributed by atoms with Gasteiger partial charge in [-0.3, -0.25) is 20.4 Å². The van der Waals surface area contributed by atoms with Crippen LogP contribution in [0.5, 0.6) is 11.5 Å². The SMILES string of the molecule is O=C(Nc1cnccn1)Nc1cc2c(cc1[N+](=O)[O-])OCCO2. The van der Waals surface area contributed by atoms with E-state index in [1.807, 2.05) is 0 Å². The van der Waals surface area contributed by atoms with E-state index in [4.69, 9.17) is 9.47 Å².